The highest BCUT2D eigenvalue weighted by Gasteiger charge is 2.27. The van der Waals surface area contributed by atoms with Gasteiger partial charge in [0.15, 0.2) is 0 Å². The van der Waals surface area contributed by atoms with Gasteiger partial charge in [-0.1, -0.05) is 24.3 Å². The van der Waals surface area contributed by atoms with Crippen LogP contribution in [0.3, 0.4) is 0 Å². The third kappa shape index (κ3) is 4.33. The van der Waals surface area contributed by atoms with E-state index in [1.165, 1.54) is 11.1 Å². The van der Waals surface area contributed by atoms with E-state index in [9.17, 15) is 4.79 Å². The number of nitrogens with zero attached hydrogens (tertiary/aromatic N) is 2. The first kappa shape index (κ1) is 21.9. The quantitative estimate of drug-likeness (QED) is 0.575. The van der Waals surface area contributed by atoms with Gasteiger partial charge in [0.1, 0.15) is 12.4 Å². The molecule has 7 heteroatoms. The first-order valence-corrected chi connectivity index (χ1v) is 12.2. The van der Waals surface area contributed by atoms with Crippen LogP contribution < -0.4 is 10.1 Å². The molecular formula is C28H28N4O3. The zero-order chi connectivity index (χ0) is 23.8. The van der Waals surface area contributed by atoms with E-state index in [4.69, 9.17) is 14.9 Å². The number of hydrogen-bond acceptors (Lipinski definition) is 6. The molecule has 3 aliphatic rings. The maximum Gasteiger partial charge on any atom is 0.255 e. The van der Waals surface area contributed by atoms with E-state index in [0.717, 1.165) is 55.8 Å². The molecule has 4 heterocycles. The number of hydrogen-bond donors (Lipinski definition) is 2. The number of carbonyl (C=O) groups is 1. The van der Waals surface area contributed by atoms with Crippen molar-refractivity contribution in [3.8, 4) is 16.9 Å². The lowest BCUT2D eigenvalue weighted by Gasteiger charge is -2.36. The van der Waals surface area contributed by atoms with Gasteiger partial charge in [0.25, 0.3) is 5.91 Å². The summed E-state index contributed by atoms with van der Waals surface area (Å²) in [5, 5.41) is 11.6. The fourth-order valence-corrected chi connectivity index (χ4v) is 5.03. The van der Waals surface area contributed by atoms with Gasteiger partial charge in [0, 0.05) is 42.2 Å². The average molecular weight is 469 g/mol. The Labute approximate surface area is 204 Å². The molecule has 0 atom stereocenters. The van der Waals surface area contributed by atoms with Crippen LogP contribution in [-0.4, -0.2) is 67.0 Å². The van der Waals surface area contributed by atoms with E-state index in [-0.39, 0.29) is 5.91 Å². The largest absolute Gasteiger partial charge is 0.491 e. The topological polar surface area (TPSA) is 87.5 Å². The van der Waals surface area contributed by atoms with Gasteiger partial charge in [0.2, 0.25) is 0 Å². The van der Waals surface area contributed by atoms with Crippen LogP contribution in [0.4, 0.5) is 0 Å². The van der Waals surface area contributed by atoms with Crippen molar-refractivity contribution in [2.24, 2.45) is 0 Å². The third-order valence-corrected chi connectivity index (χ3v) is 7.20. The van der Waals surface area contributed by atoms with Crippen LogP contribution in [0.5, 0.6) is 5.75 Å². The predicted molar refractivity (Wildman–Crippen MR) is 133 cm³/mol. The maximum atomic E-state index is 12.2. The molecule has 1 saturated heterocycles. The fraction of sp³-hybridized carbons (Fsp3) is 0.321. The number of ether oxygens (including phenoxy) is 2. The smallest absolute Gasteiger partial charge is 0.255 e. The summed E-state index contributed by atoms with van der Waals surface area (Å²) in [5.74, 6) is 0.367. The van der Waals surface area contributed by atoms with Crippen molar-refractivity contribution in [1.29, 1.82) is 5.41 Å². The molecule has 3 aromatic rings. The Bertz CT molecular complexity index is 1300. The van der Waals surface area contributed by atoms with Crippen LogP contribution in [0.15, 0.2) is 54.9 Å². The Morgan fingerprint density at radius 3 is 2.66 bits per heavy atom. The minimum atomic E-state index is -0.147. The summed E-state index contributed by atoms with van der Waals surface area (Å²) in [6, 6.07) is 14.6. The van der Waals surface area contributed by atoms with Gasteiger partial charge in [0.05, 0.1) is 37.1 Å². The Kier molecular flexibility index (Phi) is 5.80. The lowest BCUT2D eigenvalue weighted by atomic mass is 9.95. The second kappa shape index (κ2) is 9.24. The molecule has 1 fully saturated rings. The monoisotopic (exact) mass is 468 g/mol. The molecule has 0 unspecified atom stereocenters. The van der Waals surface area contributed by atoms with Gasteiger partial charge < -0.3 is 14.8 Å². The minimum absolute atomic E-state index is 0.147. The van der Waals surface area contributed by atoms with E-state index >= 15 is 0 Å². The van der Waals surface area contributed by atoms with Crippen molar-refractivity contribution < 1.29 is 14.3 Å². The Morgan fingerprint density at radius 1 is 0.971 bits per heavy atom. The van der Waals surface area contributed by atoms with Crippen molar-refractivity contribution in [2.75, 3.05) is 39.5 Å². The number of carbonyl (C=O) groups excluding carboxylic acids is 1. The lowest BCUT2D eigenvalue weighted by molar-refractivity contribution is -0.0634. The first-order valence-electron chi connectivity index (χ1n) is 12.2. The van der Waals surface area contributed by atoms with E-state index in [2.05, 4.69) is 33.4 Å². The van der Waals surface area contributed by atoms with Gasteiger partial charge in [-0.25, -0.2) is 0 Å². The number of fused-ring (bicyclic) bond motifs is 2. The Morgan fingerprint density at radius 2 is 1.83 bits per heavy atom. The van der Waals surface area contributed by atoms with Gasteiger partial charge in [-0.15, -0.1) is 0 Å². The Hall–Kier alpha value is -3.55. The number of amides is 1. The molecule has 0 spiro atoms. The summed E-state index contributed by atoms with van der Waals surface area (Å²) in [5.41, 5.74) is 7.20. The van der Waals surface area contributed by atoms with Crippen LogP contribution in [-0.2, 0) is 17.6 Å². The number of nitrogens with one attached hydrogen (secondary N) is 2. The van der Waals surface area contributed by atoms with Crippen molar-refractivity contribution >= 4 is 11.6 Å². The van der Waals surface area contributed by atoms with E-state index in [0.29, 0.717) is 41.8 Å². The SMILES string of the molecule is N=C(c1cncc(-c2ccc3c(c2)CCN(C2COC2)CC3)c1)c1ccc2c(c1)OCCNC2=O. The summed E-state index contributed by atoms with van der Waals surface area (Å²) >= 11 is 0. The minimum Gasteiger partial charge on any atom is -0.491 e. The van der Waals surface area contributed by atoms with Gasteiger partial charge in [-0.05, 0) is 47.7 Å². The molecule has 2 N–H and O–H groups in total. The number of aromatic nitrogens is 1. The standard InChI is InChI=1S/C28H28N4O3/c29-27(21-3-4-25-26(13-21)35-10-7-31-28(25)33)23-12-22(14-30-15-23)19-2-1-18-5-8-32(24-16-34-17-24)9-6-20(18)11-19/h1-4,11-15,24,29H,5-10,16-17H2,(H,31,33). The molecule has 0 bridgehead atoms. The molecule has 1 aromatic heterocycles. The number of pyridine rings is 1. The molecule has 35 heavy (non-hydrogen) atoms. The summed E-state index contributed by atoms with van der Waals surface area (Å²) in [4.78, 5) is 19.2. The highest BCUT2D eigenvalue weighted by atomic mass is 16.5. The zero-order valence-corrected chi connectivity index (χ0v) is 19.5. The summed E-state index contributed by atoms with van der Waals surface area (Å²) in [7, 11) is 0. The zero-order valence-electron chi connectivity index (χ0n) is 19.5. The van der Waals surface area contributed by atoms with Crippen LogP contribution >= 0.6 is 0 Å². The summed E-state index contributed by atoms with van der Waals surface area (Å²) in [6.45, 7) is 4.74. The second-order valence-corrected chi connectivity index (χ2v) is 9.36. The molecule has 0 aliphatic carbocycles. The second-order valence-electron chi connectivity index (χ2n) is 9.36. The van der Waals surface area contributed by atoms with Gasteiger partial charge in [-0.2, -0.15) is 0 Å². The fourth-order valence-electron chi connectivity index (χ4n) is 5.03. The number of rotatable bonds is 4. The van der Waals surface area contributed by atoms with Gasteiger partial charge >= 0.3 is 0 Å². The summed E-state index contributed by atoms with van der Waals surface area (Å²) in [6.07, 6.45) is 5.67. The van der Waals surface area contributed by atoms with Crippen molar-refractivity contribution in [1.82, 2.24) is 15.2 Å². The maximum absolute atomic E-state index is 12.2. The van der Waals surface area contributed by atoms with Crippen LogP contribution in [0.2, 0.25) is 0 Å². The average Bonchev–Trinajstić information content (AvgIpc) is 3.18. The molecule has 0 radical (unpaired) electrons. The van der Waals surface area contributed by atoms with Crippen LogP contribution in [0.25, 0.3) is 11.1 Å². The molecule has 2 aromatic carbocycles. The predicted octanol–water partition coefficient (Wildman–Crippen LogP) is 3.09. The van der Waals surface area contributed by atoms with Crippen molar-refractivity contribution in [2.45, 2.75) is 18.9 Å². The lowest BCUT2D eigenvalue weighted by Crippen LogP contribution is -2.49. The van der Waals surface area contributed by atoms with E-state index in [1.807, 2.05) is 12.3 Å². The van der Waals surface area contributed by atoms with Crippen LogP contribution in [0.1, 0.15) is 32.6 Å². The molecule has 178 valence electrons. The summed E-state index contributed by atoms with van der Waals surface area (Å²) < 4.78 is 11.1. The molecule has 6 rings (SSSR count). The van der Waals surface area contributed by atoms with E-state index < -0.39 is 0 Å². The highest BCUT2D eigenvalue weighted by molar-refractivity contribution is 6.12. The Balaban J connectivity index is 1.24. The third-order valence-electron chi connectivity index (χ3n) is 7.20. The molecule has 7 nitrogen and oxygen atoms in total. The highest BCUT2D eigenvalue weighted by Crippen LogP contribution is 2.28. The van der Waals surface area contributed by atoms with E-state index in [1.54, 1.807) is 24.4 Å². The van der Waals surface area contributed by atoms with Crippen LogP contribution in [0, 0.1) is 5.41 Å². The van der Waals surface area contributed by atoms with Crippen molar-refractivity contribution in [3.05, 3.63) is 82.7 Å². The van der Waals surface area contributed by atoms with Crippen molar-refractivity contribution in [3.63, 3.8) is 0 Å². The first-order chi connectivity index (χ1) is 17.2. The molecule has 3 aliphatic heterocycles. The van der Waals surface area contributed by atoms with Gasteiger partial charge in [-0.3, -0.25) is 20.1 Å². The number of benzene rings is 2. The molecule has 1 amide bonds. The normalized spacial score (nSPS) is 18.2. The molecule has 0 saturated carbocycles. The molecular weight excluding hydrogens is 440 g/mol.